The smallest absolute Gasteiger partial charge is 0.227 e. The van der Waals surface area contributed by atoms with Crippen molar-refractivity contribution in [1.29, 1.82) is 0 Å². The van der Waals surface area contributed by atoms with Crippen LogP contribution in [-0.2, 0) is 29.0 Å². The highest BCUT2D eigenvalue weighted by molar-refractivity contribution is 5.79. The van der Waals surface area contributed by atoms with Crippen molar-refractivity contribution in [2.45, 2.75) is 45.1 Å². The Labute approximate surface area is 169 Å². The molecule has 2 amide bonds. The van der Waals surface area contributed by atoms with E-state index in [0.717, 1.165) is 36.3 Å². The topological polar surface area (TPSA) is 66.4 Å². The van der Waals surface area contributed by atoms with E-state index >= 15 is 0 Å². The van der Waals surface area contributed by atoms with Crippen molar-refractivity contribution in [3.63, 3.8) is 0 Å². The zero-order chi connectivity index (χ0) is 20.4. The largest absolute Gasteiger partial charge is 0.342 e. The summed E-state index contributed by atoms with van der Waals surface area (Å²) >= 11 is 0. The minimum absolute atomic E-state index is 0.0603. The second-order valence-corrected chi connectivity index (χ2v) is 7.84. The van der Waals surface area contributed by atoms with Gasteiger partial charge < -0.3 is 9.80 Å². The molecule has 2 aliphatic rings. The molecular formula is C22H25FN4O2. The summed E-state index contributed by atoms with van der Waals surface area (Å²) in [5.41, 5.74) is 2.43. The number of halogens is 1. The van der Waals surface area contributed by atoms with Gasteiger partial charge in [0.25, 0.3) is 0 Å². The number of rotatable bonds is 3. The number of nitrogens with zero attached hydrogens (tertiary/aromatic N) is 4. The summed E-state index contributed by atoms with van der Waals surface area (Å²) in [6.45, 7) is 4.06. The molecule has 6 nitrogen and oxygen atoms in total. The number of benzene rings is 1. The average Bonchev–Trinajstić information content (AvgIpc) is 2.74. The number of carbonyl (C=O) groups excluding carboxylic acids is 2. The number of hydrogen-bond acceptors (Lipinski definition) is 4. The Hall–Kier alpha value is -2.83. The SMILES string of the molecule is CC(=O)N1CCc2nc([C@@H]3CCCN(C(=O)Cc4ccccc4F)C3)ncc2C1. The van der Waals surface area contributed by atoms with Crippen molar-refractivity contribution < 1.29 is 14.0 Å². The lowest BCUT2D eigenvalue weighted by Gasteiger charge is -2.33. The first-order valence-electron chi connectivity index (χ1n) is 10.1. The van der Waals surface area contributed by atoms with Crippen LogP contribution in [0.15, 0.2) is 30.5 Å². The predicted octanol–water partition coefficient (Wildman–Crippen LogP) is 2.47. The summed E-state index contributed by atoms with van der Waals surface area (Å²) in [6.07, 6.45) is 4.44. The lowest BCUT2D eigenvalue weighted by Crippen LogP contribution is -2.40. The molecule has 7 heteroatoms. The molecule has 1 atom stereocenters. The normalized spacial score (nSPS) is 19.0. The summed E-state index contributed by atoms with van der Waals surface area (Å²) in [5, 5.41) is 0. The lowest BCUT2D eigenvalue weighted by atomic mass is 9.95. The molecule has 0 N–H and O–H groups in total. The summed E-state index contributed by atoms with van der Waals surface area (Å²) in [5.74, 6) is 0.519. The van der Waals surface area contributed by atoms with Crippen molar-refractivity contribution in [3.05, 3.63) is 58.9 Å². The summed E-state index contributed by atoms with van der Waals surface area (Å²) < 4.78 is 13.9. The molecule has 2 aliphatic heterocycles. The molecule has 4 rings (SSSR count). The van der Waals surface area contributed by atoms with E-state index in [2.05, 4.69) is 4.98 Å². The van der Waals surface area contributed by atoms with E-state index in [1.165, 1.54) is 6.07 Å². The van der Waals surface area contributed by atoms with Gasteiger partial charge in [0, 0.05) is 57.2 Å². The summed E-state index contributed by atoms with van der Waals surface area (Å²) in [7, 11) is 0. The Kier molecular flexibility index (Phi) is 5.56. The molecule has 152 valence electrons. The zero-order valence-corrected chi connectivity index (χ0v) is 16.6. The van der Waals surface area contributed by atoms with Crippen molar-refractivity contribution in [1.82, 2.24) is 19.8 Å². The molecule has 0 radical (unpaired) electrons. The molecule has 1 fully saturated rings. The first-order valence-corrected chi connectivity index (χ1v) is 10.1. The monoisotopic (exact) mass is 396 g/mol. The van der Waals surface area contributed by atoms with Crippen LogP contribution in [0.25, 0.3) is 0 Å². The van der Waals surface area contributed by atoms with Crippen LogP contribution in [0.4, 0.5) is 4.39 Å². The maximum atomic E-state index is 13.9. The second kappa shape index (κ2) is 8.27. The van der Waals surface area contributed by atoms with Gasteiger partial charge in [-0.15, -0.1) is 0 Å². The molecule has 1 aromatic heterocycles. The van der Waals surface area contributed by atoms with Gasteiger partial charge in [0.05, 0.1) is 12.1 Å². The third-order valence-corrected chi connectivity index (χ3v) is 5.84. The van der Waals surface area contributed by atoms with E-state index in [4.69, 9.17) is 4.98 Å². The van der Waals surface area contributed by atoms with Gasteiger partial charge in [-0.05, 0) is 24.5 Å². The fourth-order valence-corrected chi connectivity index (χ4v) is 4.13. The van der Waals surface area contributed by atoms with Crippen LogP contribution in [-0.4, -0.2) is 51.2 Å². The standard InChI is InChI=1S/C22H25FN4O2/c1-15(28)26-10-8-20-18(14-26)12-24-22(25-20)17-6-4-9-27(13-17)21(29)11-16-5-2-3-7-19(16)23/h2-3,5,7,12,17H,4,6,8-11,13-14H2,1H3/t17-/m1/s1. The number of hydrogen-bond donors (Lipinski definition) is 0. The lowest BCUT2D eigenvalue weighted by molar-refractivity contribution is -0.132. The van der Waals surface area contributed by atoms with Crippen molar-refractivity contribution in [2.24, 2.45) is 0 Å². The van der Waals surface area contributed by atoms with E-state index in [0.29, 0.717) is 31.7 Å². The van der Waals surface area contributed by atoms with Gasteiger partial charge in [0.15, 0.2) is 0 Å². The van der Waals surface area contributed by atoms with E-state index < -0.39 is 0 Å². The highest BCUT2D eigenvalue weighted by Gasteiger charge is 2.28. The quantitative estimate of drug-likeness (QED) is 0.800. The van der Waals surface area contributed by atoms with E-state index in [9.17, 15) is 14.0 Å². The molecule has 0 unspecified atom stereocenters. The van der Waals surface area contributed by atoms with Gasteiger partial charge in [0.2, 0.25) is 11.8 Å². The molecule has 3 heterocycles. The van der Waals surface area contributed by atoms with Crippen LogP contribution in [0.5, 0.6) is 0 Å². The van der Waals surface area contributed by atoms with Crippen LogP contribution in [0.2, 0.25) is 0 Å². The van der Waals surface area contributed by atoms with E-state index in [1.807, 2.05) is 6.20 Å². The molecule has 0 spiro atoms. The molecule has 29 heavy (non-hydrogen) atoms. The first-order chi connectivity index (χ1) is 14.0. The fourth-order valence-electron chi connectivity index (χ4n) is 4.13. The van der Waals surface area contributed by atoms with Crippen molar-refractivity contribution in [3.8, 4) is 0 Å². The minimum atomic E-state index is -0.341. The molecule has 1 saturated heterocycles. The van der Waals surface area contributed by atoms with Crippen LogP contribution in [0, 0.1) is 5.82 Å². The summed E-state index contributed by atoms with van der Waals surface area (Å²) in [6, 6.07) is 6.42. The number of aromatic nitrogens is 2. The molecule has 1 aromatic carbocycles. The second-order valence-electron chi connectivity index (χ2n) is 7.84. The Balaban J connectivity index is 1.44. The van der Waals surface area contributed by atoms with Gasteiger partial charge >= 0.3 is 0 Å². The maximum absolute atomic E-state index is 13.9. The number of amides is 2. The zero-order valence-electron chi connectivity index (χ0n) is 16.6. The maximum Gasteiger partial charge on any atom is 0.227 e. The molecule has 0 bridgehead atoms. The van der Waals surface area contributed by atoms with Crippen LogP contribution < -0.4 is 0 Å². The van der Waals surface area contributed by atoms with Gasteiger partial charge in [-0.1, -0.05) is 18.2 Å². The van der Waals surface area contributed by atoms with E-state index in [-0.39, 0.29) is 30.0 Å². The van der Waals surface area contributed by atoms with Gasteiger partial charge in [-0.2, -0.15) is 0 Å². The number of piperidine rings is 1. The molecule has 0 saturated carbocycles. The number of fused-ring (bicyclic) bond motifs is 1. The molecule has 0 aliphatic carbocycles. The van der Waals surface area contributed by atoms with Gasteiger partial charge in [-0.25, -0.2) is 14.4 Å². The van der Waals surface area contributed by atoms with Crippen LogP contribution in [0.3, 0.4) is 0 Å². The van der Waals surface area contributed by atoms with Gasteiger partial charge in [-0.3, -0.25) is 9.59 Å². The average molecular weight is 396 g/mol. The fraction of sp³-hybridized carbons (Fsp3) is 0.455. The Morgan fingerprint density at radius 2 is 2.03 bits per heavy atom. The van der Waals surface area contributed by atoms with Crippen molar-refractivity contribution >= 4 is 11.8 Å². The number of carbonyl (C=O) groups is 2. The first kappa shape index (κ1) is 19.5. The highest BCUT2D eigenvalue weighted by Crippen LogP contribution is 2.27. The molecular weight excluding hydrogens is 371 g/mol. The van der Waals surface area contributed by atoms with Crippen LogP contribution in [0.1, 0.15) is 48.3 Å². The van der Waals surface area contributed by atoms with Crippen molar-refractivity contribution in [2.75, 3.05) is 19.6 Å². The summed E-state index contributed by atoms with van der Waals surface area (Å²) in [4.78, 5) is 37.2. The van der Waals surface area contributed by atoms with E-state index in [1.54, 1.807) is 34.9 Å². The predicted molar refractivity (Wildman–Crippen MR) is 105 cm³/mol. The third kappa shape index (κ3) is 4.28. The number of likely N-dealkylation sites (tertiary alicyclic amines) is 1. The minimum Gasteiger partial charge on any atom is -0.342 e. The van der Waals surface area contributed by atoms with Crippen LogP contribution >= 0.6 is 0 Å². The Bertz CT molecular complexity index is 933. The Morgan fingerprint density at radius 3 is 2.83 bits per heavy atom. The third-order valence-electron chi connectivity index (χ3n) is 5.84. The van der Waals surface area contributed by atoms with Gasteiger partial charge in [0.1, 0.15) is 11.6 Å². The molecule has 2 aromatic rings. The highest BCUT2D eigenvalue weighted by atomic mass is 19.1. The Morgan fingerprint density at radius 1 is 1.21 bits per heavy atom.